The fourth-order valence-corrected chi connectivity index (χ4v) is 1.86. The van der Waals surface area contributed by atoms with Crippen molar-refractivity contribution in [2.24, 2.45) is 0 Å². The molecule has 3 nitrogen and oxygen atoms in total. The number of hydrogen-bond acceptors (Lipinski definition) is 4. The number of benzene rings is 1. The van der Waals surface area contributed by atoms with Gasteiger partial charge in [-0.25, -0.2) is 4.39 Å². The molecule has 84 valence electrons. The van der Waals surface area contributed by atoms with Gasteiger partial charge in [-0.1, -0.05) is 0 Å². The number of aromatic nitrogens is 1. The van der Waals surface area contributed by atoms with Crippen LogP contribution in [0.1, 0.15) is 4.88 Å². The van der Waals surface area contributed by atoms with Crippen LogP contribution in [0, 0.1) is 5.82 Å². The molecule has 1 heterocycles. The molecule has 0 aliphatic heterocycles. The van der Waals surface area contributed by atoms with Gasteiger partial charge >= 0.3 is 0 Å². The number of methoxy groups -OCH3 is 1. The van der Waals surface area contributed by atoms with Crippen LogP contribution in [0.2, 0.25) is 0 Å². The normalized spacial score (nSPS) is 10.1. The van der Waals surface area contributed by atoms with Crippen molar-refractivity contribution in [3.05, 3.63) is 40.6 Å². The molecule has 0 aliphatic carbocycles. The summed E-state index contributed by atoms with van der Waals surface area (Å²) in [5, 5.41) is 3.11. The average Bonchev–Trinajstić information content (AvgIpc) is 2.79. The van der Waals surface area contributed by atoms with Crippen LogP contribution in [-0.2, 0) is 6.54 Å². The van der Waals surface area contributed by atoms with E-state index < -0.39 is 0 Å². The summed E-state index contributed by atoms with van der Waals surface area (Å²) in [5.41, 5.74) is 2.41. The molecule has 2 aromatic rings. The van der Waals surface area contributed by atoms with E-state index in [1.807, 2.05) is 0 Å². The maximum Gasteiger partial charge on any atom is 0.142 e. The largest absolute Gasteiger partial charge is 0.495 e. The van der Waals surface area contributed by atoms with Crippen LogP contribution < -0.4 is 10.1 Å². The highest BCUT2D eigenvalue weighted by Gasteiger charge is 2.04. The van der Waals surface area contributed by atoms with Crippen molar-refractivity contribution in [2.45, 2.75) is 6.54 Å². The van der Waals surface area contributed by atoms with Crippen molar-refractivity contribution >= 4 is 17.0 Å². The van der Waals surface area contributed by atoms with E-state index in [2.05, 4.69) is 10.3 Å². The van der Waals surface area contributed by atoms with Crippen molar-refractivity contribution in [1.82, 2.24) is 4.98 Å². The van der Waals surface area contributed by atoms with E-state index in [1.54, 1.807) is 36.2 Å². The number of anilines is 1. The molecule has 0 atom stereocenters. The smallest absolute Gasteiger partial charge is 0.142 e. The Kier molecular flexibility index (Phi) is 3.36. The van der Waals surface area contributed by atoms with E-state index in [4.69, 9.17) is 4.74 Å². The summed E-state index contributed by atoms with van der Waals surface area (Å²) in [6.07, 6.45) is 1.78. The second-order valence-electron chi connectivity index (χ2n) is 3.17. The van der Waals surface area contributed by atoms with Gasteiger partial charge in [0.05, 0.1) is 24.9 Å². The standard InChI is InChI=1S/C11H11FN2OS/c1-15-11-3-2-8(12)4-10(11)14-6-9-5-13-7-16-9/h2-5,7,14H,6H2,1H3. The molecule has 0 fully saturated rings. The molecular formula is C11H11FN2OS. The molecule has 0 saturated carbocycles. The molecule has 1 aromatic carbocycles. The van der Waals surface area contributed by atoms with E-state index in [0.29, 0.717) is 18.0 Å². The summed E-state index contributed by atoms with van der Waals surface area (Å²) in [6.45, 7) is 0.616. The zero-order valence-electron chi connectivity index (χ0n) is 8.74. The summed E-state index contributed by atoms with van der Waals surface area (Å²) in [5.74, 6) is 0.346. The lowest BCUT2D eigenvalue weighted by atomic mass is 10.3. The van der Waals surface area contributed by atoms with Crippen LogP contribution in [0.4, 0.5) is 10.1 Å². The molecule has 0 radical (unpaired) electrons. The summed E-state index contributed by atoms with van der Waals surface area (Å²) in [4.78, 5) is 5.06. The number of halogens is 1. The maximum atomic E-state index is 13.0. The Morgan fingerprint density at radius 1 is 1.50 bits per heavy atom. The van der Waals surface area contributed by atoms with Gasteiger partial charge in [-0.15, -0.1) is 11.3 Å². The molecule has 0 amide bonds. The first kappa shape index (κ1) is 10.9. The zero-order valence-corrected chi connectivity index (χ0v) is 9.55. The van der Waals surface area contributed by atoms with Crippen LogP contribution in [0.15, 0.2) is 29.9 Å². The Labute approximate surface area is 96.9 Å². The van der Waals surface area contributed by atoms with Gasteiger partial charge in [-0.2, -0.15) is 0 Å². The van der Waals surface area contributed by atoms with E-state index in [9.17, 15) is 4.39 Å². The molecule has 2 rings (SSSR count). The number of rotatable bonds is 4. The minimum Gasteiger partial charge on any atom is -0.495 e. The Morgan fingerprint density at radius 2 is 2.38 bits per heavy atom. The molecule has 1 N–H and O–H groups in total. The molecule has 0 saturated heterocycles. The van der Waals surface area contributed by atoms with E-state index in [-0.39, 0.29) is 5.82 Å². The SMILES string of the molecule is COc1ccc(F)cc1NCc1cncs1. The van der Waals surface area contributed by atoms with Gasteiger partial charge in [0.2, 0.25) is 0 Å². The quantitative estimate of drug-likeness (QED) is 0.889. The van der Waals surface area contributed by atoms with Crippen LogP contribution >= 0.6 is 11.3 Å². The minimum atomic E-state index is -0.285. The number of nitrogens with zero attached hydrogens (tertiary/aromatic N) is 1. The summed E-state index contributed by atoms with van der Waals surface area (Å²) in [7, 11) is 1.56. The lowest BCUT2D eigenvalue weighted by molar-refractivity contribution is 0.415. The molecule has 0 aliphatic rings. The van der Waals surface area contributed by atoms with Crippen molar-refractivity contribution in [3.8, 4) is 5.75 Å². The Balaban J connectivity index is 2.11. The van der Waals surface area contributed by atoms with E-state index in [0.717, 1.165) is 4.88 Å². The van der Waals surface area contributed by atoms with Crippen molar-refractivity contribution < 1.29 is 9.13 Å². The molecule has 0 unspecified atom stereocenters. The third-order valence-corrected chi connectivity index (χ3v) is 2.88. The van der Waals surface area contributed by atoms with Gasteiger partial charge in [-0.05, 0) is 12.1 Å². The maximum absolute atomic E-state index is 13.0. The lowest BCUT2D eigenvalue weighted by Gasteiger charge is -2.09. The number of ether oxygens (including phenoxy) is 1. The first-order valence-electron chi connectivity index (χ1n) is 4.74. The highest BCUT2D eigenvalue weighted by atomic mass is 32.1. The van der Waals surface area contributed by atoms with Gasteiger partial charge in [0.1, 0.15) is 11.6 Å². The number of hydrogen-bond donors (Lipinski definition) is 1. The highest BCUT2D eigenvalue weighted by Crippen LogP contribution is 2.25. The fourth-order valence-electron chi connectivity index (χ4n) is 1.33. The summed E-state index contributed by atoms with van der Waals surface area (Å²) < 4.78 is 18.2. The van der Waals surface area contributed by atoms with Gasteiger partial charge in [0.25, 0.3) is 0 Å². The second-order valence-corrected chi connectivity index (χ2v) is 4.14. The molecule has 16 heavy (non-hydrogen) atoms. The Morgan fingerprint density at radius 3 is 3.06 bits per heavy atom. The zero-order chi connectivity index (χ0) is 11.4. The van der Waals surface area contributed by atoms with Gasteiger partial charge < -0.3 is 10.1 Å². The average molecular weight is 238 g/mol. The first-order valence-corrected chi connectivity index (χ1v) is 5.62. The van der Waals surface area contributed by atoms with Gasteiger partial charge in [0.15, 0.2) is 0 Å². The summed E-state index contributed by atoms with van der Waals surface area (Å²) in [6, 6.07) is 4.39. The fraction of sp³-hybridized carbons (Fsp3) is 0.182. The van der Waals surface area contributed by atoms with Crippen LogP contribution in [0.5, 0.6) is 5.75 Å². The van der Waals surface area contributed by atoms with E-state index >= 15 is 0 Å². The van der Waals surface area contributed by atoms with Gasteiger partial charge in [0, 0.05) is 17.1 Å². The molecular weight excluding hydrogens is 227 g/mol. The topological polar surface area (TPSA) is 34.1 Å². The van der Waals surface area contributed by atoms with Crippen LogP contribution in [-0.4, -0.2) is 12.1 Å². The Bertz CT molecular complexity index is 459. The monoisotopic (exact) mass is 238 g/mol. The first-order chi connectivity index (χ1) is 7.79. The van der Waals surface area contributed by atoms with Crippen molar-refractivity contribution in [3.63, 3.8) is 0 Å². The lowest BCUT2D eigenvalue weighted by Crippen LogP contribution is -2.00. The second kappa shape index (κ2) is 4.94. The third-order valence-electron chi connectivity index (χ3n) is 2.10. The minimum absolute atomic E-state index is 0.285. The van der Waals surface area contributed by atoms with Gasteiger partial charge in [-0.3, -0.25) is 4.98 Å². The summed E-state index contributed by atoms with van der Waals surface area (Å²) >= 11 is 1.55. The van der Waals surface area contributed by atoms with Crippen molar-refractivity contribution in [1.29, 1.82) is 0 Å². The number of thiazole rings is 1. The molecule has 0 spiro atoms. The Hall–Kier alpha value is -1.62. The van der Waals surface area contributed by atoms with Crippen LogP contribution in [0.3, 0.4) is 0 Å². The molecule has 0 bridgehead atoms. The molecule has 1 aromatic heterocycles. The predicted molar refractivity (Wildman–Crippen MR) is 62.4 cm³/mol. The number of nitrogens with one attached hydrogen (secondary N) is 1. The third kappa shape index (κ3) is 2.49. The van der Waals surface area contributed by atoms with Crippen molar-refractivity contribution in [2.75, 3.05) is 12.4 Å². The predicted octanol–water partition coefficient (Wildman–Crippen LogP) is 2.90. The van der Waals surface area contributed by atoms with Crippen LogP contribution in [0.25, 0.3) is 0 Å². The highest BCUT2D eigenvalue weighted by molar-refractivity contribution is 7.09. The molecule has 5 heteroatoms. The van der Waals surface area contributed by atoms with E-state index in [1.165, 1.54) is 12.1 Å².